The Bertz CT molecular complexity index is 490. The van der Waals surface area contributed by atoms with Crippen molar-refractivity contribution in [3.8, 4) is 10.7 Å². The Morgan fingerprint density at radius 3 is 3.00 bits per heavy atom. The first kappa shape index (κ1) is 15.1. The predicted molar refractivity (Wildman–Crippen MR) is 79.7 cm³/mol. The molecule has 0 fully saturated rings. The summed E-state index contributed by atoms with van der Waals surface area (Å²) in [6.07, 6.45) is 1.78. The number of thiazole rings is 1. The minimum Gasteiger partial charge on any atom is -0.382 e. The smallest absolute Gasteiger partial charge is 0.142 e. The van der Waals surface area contributed by atoms with Gasteiger partial charge >= 0.3 is 0 Å². The summed E-state index contributed by atoms with van der Waals surface area (Å²) in [4.78, 5) is 8.86. The number of aromatic nitrogens is 2. The van der Waals surface area contributed by atoms with Crippen LogP contribution in [0.2, 0.25) is 0 Å². The fraction of sp³-hybridized carbons (Fsp3) is 0.429. The van der Waals surface area contributed by atoms with Crippen LogP contribution in [-0.2, 0) is 16.0 Å². The van der Waals surface area contributed by atoms with Gasteiger partial charge in [0.25, 0.3) is 0 Å². The summed E-state index contributed by atoms with van der Waals surface area (Å²) in [5, 5.41) is 6.32. The summed E-state index contributed by atoms with van der Waals surface area (Å²) < 4.78 is 10.3. The highest BCUT2D eigenvalue weighted by atomic mass is 32.1. The third-order valence-electron chi connectivity index (χ3n) is 2.60. The van der Waals surface area contributed by atoms with E-state index in [1.165, 1.54) is 0 Å². The topological polar surface area (TPSA) is 56.3 Å². The van der Waals surface area contributed by atoms with Gasteiger partial charge in [-0.05, 0) is 12.1 Å². The molecular weight excluding hydrogens is 274 g/mol. The molecule has 5 nitrogen and oxygen atoms in total. The average Bonchev–Trinajstić information content (AvgIpc) is 2.96. The monoisotopic (exact) mass is 293 g/mol. The molecule has 0 aliphatic heterocycles. The molecule has 0 spiro atoms. The van der Waals surface area contributed by atoms with Crippen LogP contribution < -0.4 is 5.32 Å². The molecule has 0 amide bonds. The van der Waals surface area contributed by atoms with E-state index in [2.05, 4.69) is 20.7 Å². The quantitative estimate of drug-likeness (QED) is 0.716. The van der Waals surface area contributed by atoms with E-state index in [0.29, 0.717) is 19.8 Å². The molecule has 2 heterocycles. The lowest BCUT2D eigenvalue weighted by atomic mass is 10.3. The van der Waals surface area contributed by atoms with Crippen LogP contribution in [0.15, 0.2) is 29.8 Å². The van der Waals surface area contributed by atoms with Crippen molar-refractivity contribution in [1.82, 2.24) is 15.3 Å². The van der Waals surface area contributed by atoms with Gasteiger partial charge < -0.3 is 14.8 Å². The first-order valence-corrected chi connectivity index (χ1v) is 7.41. The lowest BCUT2D eigenvalue weighted by Gasteiger charge is -2.04. The molecule has 0 unspecified atom stereocenters. The zero-order valence-electron chi connectivity index (χ0n) is 11.5. The van der Waals surface area contributed by atoms with Crippen molar-refractivity contribution in [3.05, 3.63) is 35.5 Å². The molecule has 6 heteroatoms. The minimum atomic E-state index is 0.638. The van der Waals surface area contributed by atoms with Gasteiger partial charge in [0.1, 0.15) is 5.01 Å². The lowest BCUT2D eigenvalue weighted by molar-refractivity contribution is 0.0719. The number of hydrogen-bond acceptors (Lipinski definition) is 6. The fourth-order valence-corrected chi connectivity index (χ4v) is 2.40. The second kappa shape index (κ2) is 8.76. The molecule has 0 saturated heterocycles. The predicted octanol–water partition coefficient (Wildman–Crippen LogP) is 1.96. The first-order valence-electron chi connectivity index (χ1n) is 6.53. The Balaban J connectivity index is 1.69. The van der Waals surface area contributed by atoms with E-state index in [9.17, 15) is 0 Å². The normalized spacial score (nSPS) is 10.8. The van der Waals surface area contributed by atoms with Gasteiger partial charge in [-0.1, -0.05) is 6.07 Å². The van der Waals surface area contributed by atoms with E-state index < -0.39 is 0 Å². The summed E-state index contributed by atoms with van der Waals surface area (Å²) >= 11 is 1.62. The van der Waals surface area contributed by atoms with Crippen LogP contribution in [-0.4, -0.2) is 43.4 Å². The third-order valence-corrected chi connectivity index (χ3v) is 3.51. The highest BCUT2D eigenvalue weighted by molar-refractivity contribution is 7.13. The molecule has 2 aromatic heterocycles. The molecular formula is C14H19N3O2S. The lowest BCUT2D eigenvalue weighted by Crippen LogP contribution is -2.20. The first-order chi connectivity index (χ1) is 9.90. The molecule has 2 aromatic rings. The summed E-state index contributed by atoms with van der Waals surface area (Å²) in [7, 11) is 1.67. The standard InChI is InChI=1S/C14H19N3O2S/c1-18-8-9-19-7-6-15-10-12-11-20-14(17-12)13-4-2-3-5-16-13/h2-5,11,15H,6-10H2,1H3. The maximum atomic E-state index is 5.37. The minimum absolute atomic E-state index is 0.638. The van der Waals surface area contributed by atoms with Gasteiger partial charge in [0, 0.05) is 31.8 Å². The Morgan fingerprint density at radius 1 is 1.25 bits per heavy atom. The second-order valence-electron chi connectivity index (χ2n) is 4.14. The average molecular weight is 293 g/mol. The number of nitrogens with one attached hydrogen (secondary N) is 1. The Morgan fingerprint density at radius 2 is 2.20 bits per heavy atom. The summed E-state index contributed by atoms with van der Waals surface area (Å²) in [5.74, 6) is 0. The van der Waals surface area contributed by atoms with Crippen molar-refractivity contribution in [2.75, 3.05) is 33.5 Å². The Kier molecular flexibility index (Phi) is 6.59. The van der Waals surface area contributed by atoms with Crippen molar-refractivity contribution in [1.29, 1.82) is 0 Å². The Hall–Kier alpha value is -1.34. The van der Waals surface area contributed by atoms with Crippen molar-refractivity contribution < 1.29 is 9.47 Å². The second-order valence-corrected chi connectivity index (χ2v) is 5.00. The highest BCUT2D eigenvalue weighted by Gasteiger charge is 2.04. The molecule has 0 saturated carbocycles. The van der Waals surface area contributed by atoms with Crippen LogP contribution >= 0.6 is 11.3 Å². The van der Waals surface area contributed by atoms with Crippen LogP contribution in [0.3, 0.4) is 0 Å². The number of nitrogens with zero attached hydrogens (tertiary/aromatic N) is 2. The highest BCUT2D eigenvalue weighted by Crippen LogP contribution is 2.20. The van der Waals surface area contributed by atoms with Crippen molar-refractivity contribution in [2.45, 2.75) is 6.54 Å². The molecule has 1 N–H and O–H groups in total. The number of hydrogen-bond donors (Lipinski definition) is 1. The number of rotatable bonds is 9. The zero-order chi connectivity index (χ0) is 14.0. The molecule has 2 rings (SSSR count). The van der Waals surface area contributed by atoms with Gasteiger partial charge in [-0.3, -0.25) is 4.98 Å². The van der Waals surface area contributed by atoms with E-state index >= 15 is 0 Å². The van der Waals surface area contributed by atoms with Crippen LogP contribution in [0.25, 0.3) is 10.7 Å². The molecule has 0 aliphatic carbocycles. The zero-order valence-corrected chi connectivity index (χ0v) is 12.4. The number of ether oxygens (including phenoxy) is 2. The van der Waals surface area contributed by atoms with Crippen molar-refractivity contribution in [3.63, 3.8) is 0 Å². The summed E-state index contributed by atoms with van der Waals surface area (Å²) in [6, 6.07) is 5.85. The molecule has 20 heavy (non-hydrogen) atoms. The summed E-state index contributed by atoms with van der Waals surface area (Å²) in [5.41, 5.74) is 1.96. The van der Waals surface area contributed by atoms with Crippen LogP contribution in [0.1, 0.15) is 5.69 Å². The number of pyridine rings is 1. The SMILES string of the molecule is COCCOCCNCc1csc(-c2ccccn2)n1. The van der Waals surface area contributed by atoms with Crippen LogP contribution in [0, 0.1) is 0 Å². The van der Waals surface area contributed by atoms with Gasteiger partial charge in [-0.15, -0.1) is 11.3 Å². The maximum Gasteiger partial charge on any atom is 0.142 e. The molecule has 0 radical (unpaired) electrons. The van der Waals surface area contributed by atoms with E-state index in [1.807, 2.05) is 18.2 Å². The molecule has 0 aromatic carbocycles. The van der Waals surface area contributed by atoms with Gasteiger partial charge in [0.05, 0.1) is 31.2 Å². The van der Waals surface area contributed by atoms with Crippen molar-refractivity contribution in [2.24, 2.45) is 0 Å². The molecule has 0 bridgehead atoms. The van der Waals surface area contributed by atoms with Crippen LogP contribution in [0.4, 0.5) is 0 Å². The largest absolute Gasteiger partial charge is 0.382 e. The van der Waals surface area contributed by atoms with E-state index in [0.717, 1.165) is 29.5 Å². The Labute approximate surface area is 123 Å². The van der Waals surface area contributed by atoms with E-state index in [-0.39, 0.29) is 0 Å². The van der Waals surface area contributed by atoms with Crippen molar-refractivity contribution >= 4 is 11.3 Å². The fourth-order valence-electron chi connectivity index (χ4n) is 1.60. The van der Waals surface area contributed by atoms with E-state index in [1.54, 1.807) is 24.6 Å². The molecule has 0 atom stereocenters. The van der Waals surface area contributed by atoms with Crippen LogP contribution in [0.5, 0.6) is 0 Å². The number of methoxy groups -OCH3 is 1. The molecule has 108 valence electrons. The van der Waals surface area contributed by atoms with Gasteiger partial charge in [-0.2, -0.15) is 0 Å². The third kappa shape index (κ3) is 4.97. The summed E-state index contributed by atoms with van der Waals surface area (Å²) in [6.45, 7) is 3.51. The maximum absolute atomic E-state index is 5.37. The van der Waals surface area contributed by atoms with Gasteiger partial charge in [0.15, 0.2) is 0 Å². The molecule has 0 aliphatic rings. The van der Waals surface area contributed by atoms with E-state index in [4.69, 9.17) is 9.47 Å². The van der Waals surface area contributed by atoms with Gasteiger partial charge in [-0.25, -0.2) is 4.98 Å². The van der Waals surface area contributed by atoms with Gasteiger partial charge in [0.2, 0.25) is 0 Å².